The maximum absolute atomic E-state index is 5.85. The fraction of sp³-hybridized carbons (Fsp3) is 0.200. The molecule has 2 heterocycles. The van der Waals surface area contributed by atoms with Crippen molar-refractivity contribution >= 4 is 33.7 Å². The van der Waals surface area contributed by atoms with Gasteiger partial charge in [-0.15, -0.1) is 0 Å². The molecule has 4 nitrogen and oxygen atoms in total. The summed E-state index contributed by atoms with van der Waals surface area (Å²) in [5, 5.41) is 8.69. The summed E-state index contributed by atoms with van der Waals surface area (Å²) in [5.74, 6) is 0.838. The second kappa shape index (κ2) is 5.46. The number of benzene rings is 1. The van der Waals surface area contributed by atoms with E-state index in [4.69, 9.17) is 5.73 Å². The number of nitrogens with one attached hydrogen (secondary N) is 1. The van der Waals surface area contributed by atoms with Gasteiger partial charge in [-0.05, 0) is 53.9 Å². The molecule has 0 saturated carbocycles. The molecule has 0 fully saturated rings. The Bertz CT molecular complexity index is 709. The first kappa shape index (κ1) is 12.9. The summed E-state index contributed by atoms with van der Waals surface area (Å²) < 4.78 is 0. The highest BCUT2D eigenvalue weighted by Gasteiger charge is 2.08. The van der Waals surface area contributed by atoms with Crippen LogP contribution >= 0.6 is 11.3 Å². The van der Waals surface area contributed by atoms with E-state index in [2.05, 4.69) is 39.0 Å². The van der Waals surface area contributed by atoms with Gasteiger partial charge in [-0.1, -0.05) is 0 Å². The summed E-state index contributed by atoms with van der Waals surface area (Å²) in [6, 6.07) is 8.13. The van der Waals surface area contributed by atoms with E-state index in [1.165, 1.54) is 5.56 Å². The van der Waals surface area contributed by atoms with E-state index < -0.39 is 0 Å². The second-order valence-corrected chi connectivity index (χ2v) is 5.66. The van der Waals surface area contributed by atoms with Crippen LogP contribution in [0.15, 0.2) is 41.4 Å². The van der Waals surface area contributed by atoms with E-state index in [9.17, 15) is 0 Å². The van der Waals surface area contributed by atoms with E-state index in [0.29, 0.717) is 6.04 Å². The SMILES string of the molecule is CC(Cc1ccsc1)Nc1ncnc2ccc(N)cc12. The molecule has 0 aliphatic rings. The van der Waals surface area contributed by atoms with E-state index in [0.717, 1.165) is 28.8 Å². The molecule has 3 rings (SSSR count). The molecule has 5 heteroatoms. The van der Waals surface area contributed by atoms with Gasteiger partial charge in [-0.3, -0.25) is 0 Å². The fourth-order valence-corrected chi connectivity index (χ4v) is 2.92. The molecule has 1 unspecified atom stereocenters. The van der Waals surface area contributed by atoms with Crippen LogP contribution in [0.25, 0.3) is 10.9 Å². The first-order valence-electron chi connectivity index (χ1n) is 6.50. The van der Waals surface area contributed by atoms with Crippen LogP contribution in [0.5, 0.6) is 0 Å². The number of nitrogens with two attached hydrogens (primary N) is 1. The van der Waals surface area contributed by atoms with Crippen molar-refractivity contribution in [3.63, 3.8) is 0 Å². The van der Waals surface area contributed by atoms with Crippen LogP contribution in [0.1, 0.15) is 12.5 Å². The fourth-order valence-electron chi connectivity index (χ4n) is 2.24. The number of nitrogen functional groups attached to an aromatic ring is 1. The van der Waals surface area contributed by atoms with Crippen LogP contribution in [0.3, 0.4) is 0 Å². The minimum atomic E-state index is 0.295. The van der Waals surface area contributed by atoms with Crippen molar-refractivity contribution < 1.29 is 0 Å². The van der Waals surface area contributed by atoms with Gasteiger partial charge in [0, 0.05) is 17.1 Å². The smallest absolute Gasteiger partial charge is 0.137 e. The molecule has 3 N–H and O–H groups in total. The lowest BCUT2D eigenvalue weighted by atomic mass is 10.1. The van der Waals surface area contributed by atoms with Gasteiger partial charge in [-0.2, -0.15) is 11.3 Å². The Morgan fingerprint density at radius 3 is 3.00 bits per heavy atom. The van der Waals surface area contributed by atoms with Crippen molar-refractivity contribution in [2.45, 2.75) is 19.4 Å². The van der Waals surface area contributed by atoms with Gasteiger partial charge in [0.05, 0.1) is 5.52 Å². The summed E-state index contributed by atoms with van der Waals surface area (Å²) >= 11 is 1.72. The molecule has 20 heavy (non-hydrogen) atoms. The number of fused-ring (bicyclic) bond motifs is 1. The van der Waals surface area contributed by atoms with Crippen molar-refractivity contribution in [2.75, 3.05) is 11.1 Å². The summed E-state index contributed by atoms with van der Waals surface area (Å²) in [7, 11) is 0. The van der Waals surface area contributed by atoms with Crippen LogP contribution in [0, 0.1) is 0 Å². The molecular weight excluding hydrogens is 268 g/mol. The first-order valence-corrected chi connectivity index (χ1v) is 7.44. The van der Waals surface area contributed by atoms with Crippen molar-refractivity contribution in [2.24, 2.45) is 0 Å². The van der Waals surface area contributed by atoms with Gasteiger partial charge in [0.2, 0.25) is 0 Å². The maximum Gasteiger partial charge on any atom is 0.137 e. The van der Waals surface area contributed by atoms with Crippen LogP contribution in [-0.4, -0.2) is 16.0 Å². The molecule has 2 aromatic heterocycles. The predicted molar refractivity (Wildman–Crippen MR) is 85.1 cm³/mol. The minimum absolute atomic E-state index is 0.295. The van der Waals surface area contributed by atoms with Gasteiger partial charge in [-0.25, -0.2) is 9.97 Å². The average molecular weight is 284 g/mol. The van der Waals surface area contributed by atoms with Crippen molar-refractivity contribution in [1.82, 2.24) is 9.97 Å². The number of hydrogen-bond acceptors (Lipinski definition) is 5. The largest absolute Gasteiger partial charge is 0.399 e. The molecule has 0 saturated heterocycles. The van der Waals surface area contributed by atoms with Gasteiger partial charge >= 0.3 is 0 Å². The lowest BCUT2D eigenvalue weighted by Crippen LogP contribution is -2.18. The third-order valence-corrected chi connectivity index (χ3v) is 3.90. The summed E-state index contributed by atoms with van der Waals surface area (Å²) in [4.78, 5) is 8.60. The molecule has 1 aromatic carbocycles. The lowest BCUT2D eigenvalue weighted by molar-refractivity contribution is 0.788. The number of thiophene rings is 1. The molecular formula is C15H16N4S. The number of aromatic nitrogens is 2. The topological polar surface area (TPSA) is 63.8 Å². The molecule has 0 spiro atoms. The molecule has 0 bridgehead atoms. The number of rotatable bonds is 4. The van der Waals surface area contributed by atoms with Crippen LogP contribution < -0.4 is 11.1 Å². The van der Waals surface area contributed by atoms with Crippen molar-refractivity contribution in [1.29, 1.82) is 0 Å². The highest BCUT2D eigenvalue weighted by Crippen LogP contribution is 2.22. The third kappa shape index (κ3) is 2.72. The Balaban J connectivity index is 1.85. The third-order valence-electron chi connectivity index (χ3n) is 3.16. The van der Waals surface area contributed by atoms with E-state index in [-0.39, 0.29) is 0 Å². The van der Waals surface area contributed by atoms with Gasteiger partial charge in [0.25, 0.3) is 0 Å². The zero-order valence-electron chi connectivity index (χ0n) is 11.2. The molecule has 0 radical (unpaired) electrons. The predicted octanol–water partition coefficient (Wildman–Crippen LogP) is 3.32. The summed E-state index contributed by atoms with van der Waals surface area (Å²) in [6.45, 7) is 2.15. The van der Waals surface area contributed by atoms with E-state index in [1.807, 2.05) is 18.2 Å². The molecule has 0 amide bonds. The number of anilines is 2. The zero-order valence-corrected chi connectivity index (χ0v) is 12.0. The number of hydrogen-bond donors (Lipinski definition) is 2. The Labute approximate surface area is 121 Å². The normalized spacial score (nSPS) is 12.4. The average Bonchev–Trinajstić information content (AvgIpc) is 2.92. The van der Waals surface area contributed by atoms with E-state index >= 15 is 0 Å². The first-order chi connectivity index (χ1) is 9.72. The summed E-state index contributed by atoms with van der Waals surface area (Å²) in [5.41, 5.74) is 8.82. The summed E-state index contributed by atoms with van der Waals surface area (Å²) in [6.07, 6.45) is 2.55. The zero-order chi connectivity index (χ0) is 13.9. The van der Waals surface area contributed by atoms with Gasteiger partial charge in [0.1, 0.15) is 12.1 Å². The molecule has 1 atom stereocenters. The molecule has 102 valence electrons. The Morgan fingerprint density at radius 1 is 1.30 bits per heavy atom. The Hall–Kier alpha value is -2.14. The van der Waals surface area contributed by atoms with Crippen LogP contribution in [0.2, 0.25) is 0 Å². The minimum Gasteiger partial charge on any atom is -0.399 e. The highest BCUT2D eigenvalue weighted by atomic mass is 32.1. The van der Waals surface area contributed by atoms with Crippen LogP contribution in [-0.2, 0) is 6.42 Å². The lowest BCUT2D eigenvalue weighted by Gasteiger charge is -2.15. The molecule has 0 aliphatic heterocycles. The monoisotopic (exact) mass is 284 g/mol. The van der Waals surface area contributed by atoms with Gasteiger partial charge < -0.3 is 11.1 Å². The molecule has 3 aromatic rings. The van der Waals surface area contributed by atoms with Crippen molar-refractivity contribution in [3.8, 4) is 0 Å². The van der Waals surface area contributed by atoms with Crippen LogP contribution in [0.4, 0.5) is 11.5 Å². The Kier molecular flexibility index (Phi) is 3.52. The standard InChI is InChI=1S/C15H16N4S/c1-10(6-11-4-5-20-8-11)19-15-13-7-12(16)2-3-14(13)17-9-18-15/h2-5,7-10H,6,16H2,1H3,(H,17,18,19). The maximum atomic E-state index is 5.85. The number of nitrogens with zero attached hydrogens (tertiary/aromatic N) is 2. The van der Waals surface area contributed by atoms with E-state index in [1.54, 1.807) is 17.7 Å². The second-order valence-electron chi connectivity index (χ2n) is 4.88. The Morgan fingerprint density at radius 2 is 2.20 bits per heavy atom. The van der Waals surface area contributed by atoms with Crippen molar-refractivity contribution in [3.05, 3.63) is 46.9 Å². The highest BCUT2D eigenvalue weighted by molar-refractivity contribution is 7.07. The quantitative estimate of drug-likeness (QED) is 0.721. The molecule has 0 aliphatic carbocycles. The van der Waals surface area contributed by atoms with Gasteiger partial charge in [0.15, 0.2) is 0 Å².